The van der Waals surface area contributed by atoms with Crippen molar-refractivity contribution in [3.05, 3.63) is 15.8 Å². The second-order valence-corrected chi connectivity index (χ2v) is 4.44. The van der Waals surface area contributed by atoms with Crippen LogP contribution < -0.4 is 18.9 Å². The van der Waals surface area contributed by atoms with Crippen molar-refractivity contribution in [2.24, 2.45) is 0 Å². The van der Waals surface area contributed by atoms with Crippen molar-refractivity contribution in [1.29, 1.82) is 0 Å². The summed E-state index contributed by atoms with van der Waals surface area (Å²) >= 11 is 6.46. The van der Waals surface area contributed by atoms with Crippen molar-refractivity contribution in [3.8, 4) is 0 Å². The van der Waals surface area contributed by atoms with Gasteiger partial charge in [-0.1, -0.05) is 11.6 Å². The predicted octanol–water partition coefficient (Wildman–Crippen LogP) is -1.24. The minimum Gasteiger partial charge on any atom is -1.00 e. The molecule has 0 aliphatic carbocycles. The van der Waals surface area contributed by atoms with E-state index in [1.165, 1.54) is 11.4 Å². The third kappa shape index (κ3) is 2.78. The summed E-state index contributed by atoms with van der Waals surface area (Å²) in [6.07, 6.45) is 0. The largest absolute Gasteiger partial charge is 1.00 e. The Kier molecular flexibility index (Phi) is 4.12. The van der Waals surface area contributed by atoms with Crippen LogP contribution in [0.15, 0.2) is 16.3 Å². The molecule has 0 radical (unpaired) electrons. The number of hydrogen-bond donors (Lipinski definition) is 1. The van der Waals surface area contributed by atoms with Gasteiger partial charge in [-0.05, 0) is 11.4 Å². The minimum absolute atomic E-state index is 0. The van der Waals surface area contributed by atoms with Gasteiger partial charge in [-0.25, -0.2) is 0 Å². The van der Waals surface area contributed by atoms with Crippen molar-refractivity contribution in [3.63, 3.8) is 0 Å². The van der Waals surface area contributed by atoms with E-state index in [1.807, 2.05) is 0 Å². The number of halogens is 1. The molecule has 1 heterocycles. The van der Waals surface area contributed by atoms with E-state index in [4.69, 9.17) is 16.2 Å². The Hall–Kier alpha value is 0.497. The van der Waals surface area contributed by atoms with Crippen LogP contribution in [0.5, 0.6) is 0 Å². The van der Waals surface area contributed by atoms with E-state index < -0.39 is 10.1 Å². The molecule has 11 heavy (non-hydrogen) atoms. The van der Waals surface area contributed by atoms with Gasteiger partial charge in [0.15, 0.2) is 0 Å². The average Bonchev–Trinajstić information content (AvgIpc) is 2.11. The van der Waals surface area contributed by atoms with Crippen LogP contribution in [0.1, 0.15) is 1.43 Å². The van der Waals surface area contributed by atoms with Crippen molar-refractivity contribution in [1.82, 2.24) is 0 Å². The molecule has 58 valence electrons. The van der Waals surface area contributed by atoms with Gasteiger partial charge in [-0.15, -0.1) is 11.3 Å². The maximum Gasteiger partial charge on any atom is 1.00 e. The van der Waals surface area contributed by atoms with Crippen molar-refractivity contribution in [2.75, 3.05) is 0 Å². The van der Waals surface area contributed by atoms with Crippen molar-refractivity contribution in [2.45, 2.75) is 4.90 Å². The van der Waals surface area contributed by atoms with E-state index in [0.29, 0.717) is 0 Å². The minimum atomic E-state index is -4.11. The fourth-order valence-electron chi connectivity index (χ4n) is 0.467. The molecule has 1 N–H and O–H groups in total. The van der Waals surface area contributed by atoms with Crippen LogP contribution in [0.25, 0.3) is 0 Å². The van der Waals surface area contributed by atoms with E-state index in [-0.39, 0.29) is 29.5 Å². The van der Waals surface area contributed by atoms with Gasteiger partial charge in [0.05, 0.1) is 0 Å². The second-order valence-electron chi connectivity index (χ2n) is 1.53. The van der Waals surface area contributed by atoms with Gasteiger partial charge in [-0.2, -0.15) is 8.42 Å². The Morgan fingerprint density at radius 2 is 2.18 bits per heavy atom. The van der Waals surface area contributed by atoms with E-state index in [9.17, 15) is 8.42 Å². The zero-order valence-corrected chi connectivity index (χ0v) is 8.00. The molecular weight excluding hydrogens is 203 g/mol. The molecular formula is C4H4ClLiO3S2. The fourth-order valence-corrected chi connectivity index (χ4v) is 2.47. The number of hydrogen-bond acceptors (Lipinski definition) is 3. The summed E-state index contributed by atoms with van der Waals surface area (Å²) in [7, 11) is -4.11. The van der Waals surface area contributed by atoms with Crippen molar-refractivity contribution < 1.29 is 33.3 Å². The van der Waals surface area contributed by atoms with Crippen LogP contribution in [-0.4, -0.2) is 13.0 Å². The molecule has 0 amide bonds. The molecule has 1 rings (SSSR count). The Balaban J connectivity index is 0. The van der Waals surface area contributed by atoms with Gasteiger partial charge in [-0.3, -0.25) is 4.55 Å². The molecule has 0 fully saturated rings. The summed E-state index contributed by atoms with van der Waals surface area (Å²) in [5.41, 5.74) is 0. The van der Waals surface area contributed by atoms with Crippen LogP contribution in [0, 0.1) is 0 Å². The van der Waals surface area contributed by atoms with Gasteiger partial charge in [0.1, 0.15) is 9.23 Å². The van der Waals surface area contributed by atoms with Gasteiger partial charge in [0.25, 0.3) is 10.1 Å². The summed E-state index contributed by atoms with van der Waals surface area (Å²) in [6.45, 7) is 0. The molecule has 0 saturated carbocycles. The topological polar surface area (TPSA) is 54.4 Å². The number of rotatable bonds is 1. The molecule has 7 heteroatoms. The van der Waals surface area contributed by atoms with Crippen LogP contribution in [0.4, 0.5) is 0 Å². The molecule has 0 spiro atoms. The van der Waals surface area contributed by atoms with Crippen LogP contribution in [0.3, 0.4) is 0 Å². The Labute approximate surface area is 86.8 Å². The molecule has 0 aliphatic heterocycles. The third-order valence-electron chi connectivity index (χ3n) is 0.863. The summed E-state index contributed by atoms with van der Waals surface area (Å²) < 4.78 is 29.3. The molecule has 0 unspecified atom stereocenters. The summed E-state index contributed by atoms with van der Waals surface area (Å²) in [5.74, 6) is 0. The first kappa shape index (κ1) is 11.5. The van der Waals surface area contributed by atoms with Gasteiger partial charge in [0, 0.05) is 0 Å². The van der Waals surface area contributed by atoms with E-state index >= 15 is 0 Å². The normalized spacial score (nSPS) is 10.7. The molecule has 1 aromatic rings. The van der Waals surface area contributed by atoms with Crippen LogP contribution in [0.2, 0.25) is 4.34 Å². The summed E-state index contributed by atoms with van der Waals surface area (Å²) in [5, 5.41) is 1.49. The van der Waals surface area contributed by atoms with Gasteiger partial charge < -0.3 is 1.43 Å². The third-order valence-corrected chi connectivity index (χ3v) is 3.17. The first-order valence-electron chi connectivity index (χ1n) is 2.22. The fraction of sp³-hybridized carbons (Fsp3) is 0. The molecule has 0 atom stereocenters. The molecule has 0 aliphatic rings. The average molecular weight is 207 g/mol. The summed E-state index contributed by atoms with van der Waals surface area (Å²) in [6, 6.07) is 1.25. The molecule has 1 aromatic heterocycles. The first-order chi connectivity index (χ1) is 4.52. The Morgan fingerprint density at radius 3 is 2.36 bits per heavy atom. The van der Waals surface area contributed by atoms with Crippen LogP contribution in [-0.2, 0) is 10.1 Å². The van der Waals surface area contributed by atoms with E-state index in [1.54, 1.807) is 0 Å². The van der Waals surface area contributed by atoms with Crippen molar-refractivity contribution >= 4 is 33.1 Å². The van der Waals surface area contributed by atoms with E-state index in [2.05, 4.69) is 0 Å². The number of thiophene rings is 1. The predicted molar refractivity (Wildman–Crippen MR) is 40.3 cm³/mol. The van der Waals surface area contributed by atoms with Crippen LogP contribution >= 0.6 is 22.9 Å². The second kappa shape index (κ2) is 3.94. The maximum atomic E-state index is 10.4. The molecule has 0 aromatic carbocycles. The standard InChI is InChI=1S/C4H3ClO3S2.Li.H/c5-4-3(1-2-9-4)10(6,7)8;;/h1-2H,(H,6,7,8);;/q;+1;-1. The monoisotopic (exact) mass is 206 g/mol. The SMILES string of the molecule is O=S(=O)(O)c1ccsc1Cl.[H-].[Li+]. The van der Waals surface area contributed by atoms with Gasteiger partial charge >= 0.3 is 18.9 Å². The van der Waals surface area contributed by atoms with Gasteiger partial charge in [0.2, 0.25) is 0 Å². The first-order valence-corrected chi connectivity index (χ1v) is 4.92. The zero-order chi connectivity index (χ0) is 7.78. The maximum absolute atomic E-state index is 10.4. The smallest absolute Gasteiger partial charge is 1.00 e. The molecule has 0 saturated heterocycles. The zero-order valence-electron chi connectivity index (χ0n) is 6.61. The Morgan fingerprint density at radius 1 is 1.64 bits per heavy atom. The molecule has 0 bridgehead atoms. The van der Waals surface area contributed by atoms with E-state index in [0.717, 1.165) is 11.3 Å². The quantitative estimate of drug-likeness (QED) is 0.462. The summed E-state index contributed by atoms with van der Waals surface area (Å²) in [4.78, 5) is -0.223. The Bertz CT molecular complexity index is 336. The molecule has 3 nitrogen and oxygen atoms in total.